The quantitative estimate of drug-likeness (QED) is 0.140. The van der Waals surface area contributed by atoms with E-state index in [1.54, 1.807) is 0 Å². The first-order valence-electron chi connectivity index (χ1n) is 32.0. The van der Waals surface area contributed by atoms with Crippen LogP contribution in [0.25, 0.3) is 138 Å². The molecule has 10 heteroatoms. The van der Waals surface area contributed by atoms with Crippen molar-refractivity contribution in [2.24, 2.45) is 21.1 Å². The van der Waals surface area contributed by atoms with Crippen molar-refractivity contribution in [3.05, 3.63) is 263 Å². The van der Waals surface area contributed by atoms with Crippen LogP contribution < -0.4 is 13.7 Å². The molecule has 7 nitrogen and oxygen atoms in total. The number of alkyl halides is 3. The van der Waals surface area contributed by atoms with Crippen LogP contribution in [0.15, 0.2) is 213 Å². The van der Waals surface area contributed by atoms with Crippen LogP contribution in [0.4, 0.5) is 13.2 Å². The number of fused-ring (bicyclic) bond motifs is 6. The largest absolute Gasteiger partial charge is 0.416 e. The molecule has 0 aliphatic carbocycles. The molecule has 9 aromatic carbocycles. The third kappa shape index (κ3) is 9.92. The number of aromatic nitrogens is 6. The molecule has 460 valence electrons. The lowest BCUT2D eigenvalue weighted by Gasteiger charge is -2.22. The SMILES string of the molecule is Cc1c(-c2cc3cc(-c4ccc5c[n+](-c6cc(C(F)(F)F)cc(-c7cc8ccccc8n7C)c6C)c(C)cc5c4)ccc3n2C)cc(C#N)cc1-[n+]1cc2ccc(-c3ccc4c(c3)cc(-c3cc(C(C)(C)C)cc(-[n+]5cc6ccccc6cc5C)c3C)n4C)cc2cc1C. The fourth-order valence-corrected chi connectivity index (χ4v) is 14.6. The maximum Gasteiger partial charge on any atom is 0.416 e. The zero-order chi connectivity index (χ0) is 65.5. The second-order valence-corrected chi connectivity index (χ2v) is 26.9. The summed E-state index contributed by atoms with van der Waals surface area (Å²) in [5.74, 6) is 0. The van der Waals surface area contributed by atoms with E-state index in [4.69, 9.17) is 0 Å². The molecule has 0 saturated heterocycles. The lowest BCUT2D eigenvalue weighted by molar-refractivity contribution is -0.601. The summed E-state index contributed by atoms with van der Waals surface area (Å²) in [6, 6.07) is 69.7. The molecular formula is C84H71F3N7+3. The Bertz CT molecular complexity index is 5780. The molecule has 0 spiro atoms. The predicted octanol–water partition coefficient (Wildman–Crippen LogP) is 19.8. The summed E-state index contributed by atoms with van der Waals surface area (Å²) in [6.45, 7) is 19.5. The molecule has 0 fully saturated rings. The van der Waals surface area contributed by atoms with E-state index in [0.29, 0.717) is 16.8 Å². The minimum absolute atomic E-state index is 0.0695. The predicted molar refractivity (Wildman–Crippen MR) is 377 cm³/mol. The number of nitriles is 1. The molecule has 15 aromatic rings. The molecule has 0 N–H and O–H groups in total. The van der Waals surface area contributed by atoms with Gasteiger partial charge in [0.15, 0.2) is 35.7 Å². The van der Waals surface area contributed by atoms with Crippen LogP contribution in [0.5, 0.6) is 0 Å². The molecule has 6 heterocycles. The number of pyridine rings is 3. The Morgan fingerprint density at radius 1 is 0.351 bits per heavy atom. The Hall–Kier alpha value is -10.9. The number of rotatable bonds is 8. The van der Waals surface area contributed by atoms with Crippen molar-refractivity contribution >= 4 is 65.0 Å². The minimum Gasteiger partial charge on any atom is -0.344 e. The second kappa shape index (κ2) is 21.9. The first-order chi connectivity index (χ1) is 45.0. The highest BCUT2D eigenvalue weighted by atomic mass is 19.4. The van der Waals surface area contributed by atoms with E-state index in [1.165, 1.54) is 67.6 Å². The van der Waals surface area contributed by atoms with Gasteiger partial charge in [-0.3, -0.25) is 0 Å². The van der Waals surface area contributed by atoms with Crippen LogP contribution in [0, 0.1) is 52.9 Å². The van der Waals surface area contributed by atoms with Crippen molar-refractivity contribution in [2.45, 2.75) is 73.9 Å². The molecule has 6 aromatic heterocycles. The summed E-state index contributed by atoms with van der Waals surface area (Å²) in [5, 5.41) is 20.4. The van der Waals surface area contributed by atoms with Crippen LogP contribution in [-0.4, -0.2) is 13.7 Å². The summed E-state index contributed by atoms with van der Waals surface area (Å²) < 4.78 is 57.2. The zero-order valence-electron chi connectivity index (χ0n) is 55.0. The second-order valence-electron chi connectivity index (χ2n) is 26.9. The van der Waals surface area contributed by atoms with Gasteiger partial charge in [-0.2, -0.15) is 32.1 Å². The van der Waals surface area contributed by atoms with Gasteiger partial charge in [-0.05, 0) is 167 Å². The van der Waals surface area contributed by atoms with E-state index in [0.717, 1.165) is 111 Å². The molecule has 15 rings (SSSR count). The highest BCUT2D eigenvalue weighted by Gasteiger charge is 2.35. The Balaban J connectivity index is 0.731. The van der Waals surface area contributed by atoms with Gasteiger partial charge in [-0.25, -0.2) is 0 Å². The van der Waals surface area contributed by atoms with E-state index in [9.17, 15) is 18.4 Å². The first kappa shape index (κ1) is 59.4. The standard InChI is InChI=1S/C84H71F3N7/c1-49-29-56-17-13-14-19-62(56)46-93(49)78-43-69(83(7,8)9)41-72(53(78)5)82-40-68-37-60(26-28-76(68)91(82)12)57-21-23-63-47-92(50(2)30-65(63)34-57)77-33-55(45-88)32-71(52(77)4)81-39-67-36-59(25-27-75(67)90(81)11)58-22-24-64-48-94(51(3)31-66(64)35-58)79-44-70(84(85,86)87)42-73(54(79)6)80-38-61-18-15-16-20-74(61)89(80)10/h13-44,46-48H,1-12H3/q+3. The van der Waals surface area contributed by atoms with Gasteiger partial charge in [0, 0.05) is 178 Å². The van der Waals surface area contributed by atoms with Crippen molar-refractivity contribution in [3.8, 4) is 79.2 Å². The van der Waals surface area contributed by atoms with Crippen LogP contribution in [0.2, 0.25) is 0 Å². The van der Waals surface area contributed by atoms with E-state index in [-0.39, 0.29) is 5.41 Å². The lowest BCUT2D eigenvalue weighted by atomic mass is 9.84. The molecule has 0 atom stereocenters. The third-order valence-corrected chi connectivity index (χ3v) is 20.0. The van der Waals surface area contributed by atoms with Crippen molar-refractivity contribution < 1.29 is 26.9 Å². The Morgan fingerprint density at radius 2 is 0.713 bits per heavy atom. The lowest BCUT2D eigenvalue weighted by Crippen LogP contribution is -2.35. The van der Waals surface area contributed by atoms with E-state index in [1.807, 2.05) is 78.7 Å². The summed E-state index contributed by atoms with van der Waals surface area (Å²) in [7, 11) is 6.17. The molecule has 0 unspecified atom stereocenters. The summed E-state index contributed by atoms with van der Waals surface area (Å²) in [4.78, 5) is 0. The van der Waals surface area contributed by atoms with Crippen molar-refractivity contribution in [1.29, 1.82) is 5.26 Å². The van der Waals surface area contributed by atoms with E-state index in [2.05, 4.69) is 239 Å². The van der Waals surface area contributed by atoms with Gasteiger partial charge < -0.3 is 13.7 Å². The normalized spacial score (nSPS) is 12.2. The van der Waals surface area contributed by atoms with Gasteiger partial charge in [0.25, 0.3) is 0 Å². The molecule has 0 bridgehead atoms. The number of aryl methyl sites for hydroxylation is 6. The highest BCUT2D eigenvalue weighted by molar-refractivity contribution is 5.96. The van der Waals surface area contributed by atoms with Crippen LogP contribution >= 0.6 is 0 Å². The summed E-state index contributed by atoms with van der Waals surface area (Å²) >= 11 is 0. The number of halogens is 3. The molecule has 0 aliphatic rings. The maximum atomic E-state index is 14.7. The summed E-state index contributed by atoms with van der Waals surface area (Å²) in [6.07, 6.45) is 1.88. The van der Waals surface area contributed by atoms with Crippen molar-refractivity contribution in [3.63, 3.8) is 0 Å². The van der Waals surface area contributed by atoms with Gasteiger partial charge in [-0.1, -0.05) is 81.4 Å². The maximum absolute atomic E-state index is 14.7. The van der Waals surface area contributed by atoms with Crippen LogP contribution in [-0.2, 0) is 32.7 Å². The molecular weight excluding hydrogens is 1160 g/mol. The Kier molecular flexibility index (Phi) is 13.8. The van der Waals surface area contributed by atoms with Crippen LogP contribution in [0.3, 0.4) is 0 Å². The fourth-order valence-electron chi connectivity index (χ4n) is 14.6. The number of hydrogen-bond acceptors (Lipinski definition) is 1. The highest BCUT2D eigenvalue weighted by Crippen LogP contribution is 2.42. The molecule has 0 radical (unpaired) electrons. The Labute approximate surface area is 545 Å². The van der Waals surface area contributed by atoms with Crippen molar-refractivity contribution in [1.82, 2.24) is 13.7 Å². The first-order valence-corrected chi connectivity index (χ1v) is 32.0. The van der Waals surface area contributed by atoms with E-state index >= 15 is 0 Å². The minimum atomic E-state index is -4.55. The summed E-state index contributed by atoms with van der Waals surface area (Å²) in [5.41, 5.74) is 22.9. The topological polar surface area (TPSA) is 50.2 Å². The van der Waals surface area contributed by atoms with E-state index < -0.39 is 11.7 Å². The van der Waals surface area contributed by atoms with Gasteiger partial charge >= 0.3 is 6.18 Å². The van der Waals surface area contributed by atoms with Gasteiger partial charge in [-0.15, -0.1) is 0 Å². The van der Waals surface area contributed by atoms with Gasteiger partial charge in [0.05, 0.1) is 17.2 Å². The number of nitrogens with zero attached hydrogens (tertiary/aromatic N) is 7. The number of benzene rings is 9. The zero-order valence-corrected chi connectivity index (χ0v) is 55.0. The molecule has 0 amide bonds. The molecule has 0 saturated carbocycles. The van der Waals surface area contributed by atoms with Crippen molar-refractivity contribution in [2.75, 3.05) is 0 Å². The number of hydrogen-bond donors (Lipinski definition) is 0. The van der Waals surface area contributed by atoms with Gasteiger partial charge in [0.2, 0.25) is 17.1 Å². The number of para-hydroxylation sites is 1. The monoisotopic (exact) mass is 1230 g/mol. The van der Waals surface area contributed by atoms with Gasteiger partial charge in [0.1, 0.15) is 0 Å². The third-order valence-electron chi connectivity index (χ3n) is 20.0. The Morgan fingerprint density at radius 3 is 1.17 bits per heavy atom. The van der Waals surface area contributed by atoms with Crippen LogP contribution in [0.1, 0.15) is 71.2 Å². The average molecular weight is 1240 g/mol. The molecule has 0 aliphatic heterocycles. The smallest absolute Gasteiger partial charge is 0.344 e. The fraction of sp³-hybridized carbons (Fsp3) is 0.167. The average Bonchev–Trinajstić information content (AvgIpc) is 1.37. The molecule has 94 heavy (non-hydrogen) atoms.